The number of alkyl halides is 1. The normalized spacial score (nSPS) is 12.8. The molecular weight excluding hydrogens is 271 g/mol. The van der Waals surface area contributed by atoms with Gasteiger partial charge in [0.25, 0.3) is 0 Å². The van der Waals surface area contributed by atoms with Crippen molar-refractivity contribution in [2.45, 2.75) is 24.7 Å². The molecule has 1 unspecified atom stereocenters. The minimum Gasteiger partial charge on any atom is -0.465 e. The highest BCUT2D eigenvalue weighted by atomic mass is 127. The predicted octanol–water partition coefficient (Wildman–Crippen LogP) is 1.58. The van der Waals surface area contributed by atoms with Crippen molar-refractivity contribution >= 4 is 34.3 Å². The Morgan fingerprint density at radius 3 is 2.25 bits per heavy atom. The van der Waals surface area contributed by atoms with Gasteiger partial charge in [-0.3, -0.25) is 9.59 Å². The number of rotatable bonds is 4. The van der Waals surface area contributed by atoms with Gasteiger partial charge in [-0.2, -0.15) is 0 Å². The number of ketones is 1. The number of halogens is 1. The molecule has 0 heterocycles. The summed E-state index contributed by atoms with van der Waals surface area (Å²) in [6, 6.07) is 0. The lowest BCUT2D eigenvalue weighted by atomic mass is 10.1. The average molecular weight is 284 g/mol. The number of hydrogen-bond donors (Lipinski definition) is 0. The van der Waals surface area contributed by atoms with E-state index in [4.69, 9.17) is 4.74 Å². The molecule has 0 fully saturated rings. The lowest BCUT2D eigenvalue weighted by Gasteiger charge is -2.09. The van der Waals surface area contributed by atoms with Gasteiger partial charge in [0, 0.05) is 5.92 Å². The largest absolute Gasteiger partial charge is 0.465 e. The third kappa shape index (κ3) is 3.51. The SMILES string of the molecule is CCOC(=O)C(I)C(=O)C(C)C. The Bertz CT molecular complexity index is 177. The van der Waals surface area contributed by atoms with Gasteiger partial charge < -0.3 is 4.74 Å². The molecule has 12 heavy (non-hydrogen) atoms. The molecule has 70 valence electrons. The zero-order valence-corrected chi connectivity index (χ0v) is 9.62. The molecule has 0 aromatic carbocycles. The third-order valence-corrected chi connectivity index (χ3v) is 2.43. The lowest BCUT2D eigenvalue weighted by molar-refractivity contribution is -0.144. The van der Waals surface area contributed by atoms with E-state index in [1.54, 1.807) is 20.8 Å². The first kappa shape index (κ1) is 11.9. The van der Waals surface area contributed by atoms with Gasteiger partial charge in [-0.25, -0.2) is 0 Å². The van der Waals surface area contributed by atoms with Crippen LogP contribution in [-0.4, -0.2) is 22.3 Å². The van der Waals surface area contributed by atoms with E-state index in [1.165, 1.54) is 0 Å². The highest BCUT2D eigenvalue weighted by molar-refractivity contribution is 14.1. The van der Waals surface area contributed by atoms with Gasteiger partial charge in [-0.05, 0) is 6.92 Å². The molecule has 0 aliphatic rings. The van der Waals surface area contributed by atoms with Crippen LogP contribution < -0.4 is 0 Å². The third-order valence-electron chi connectivity index (χ3n) is 1.31. The molecule has 0 bridgehead atoms. The molecule has 0 aliphatic carbocycles. The molecule has 0 saturated carbocycles. The summed E-state index contributed by atoms with van der Waals surface area (Å²) in [5, 5.41) is 0. The van der Waals surface area contributed by atoms with E-state index in [-0.39, 0.29) is 11.7 Å². The molecule has 0 aromatic rings. The number of hydrogen-bond acceptors (Lipinski definition) is 3. The van der Waals surface area contributed by atoms with Crippen molar-refractivity contribution in [2.24, 2.45) is 5.92 Å². The molecule has 1 atom stereocenters. The van der Waals surface area contributed by atoms with E-state index in [1.807, 2.05) is 22.6 Å². The molecule has 0 spiro atoms. The summed E-state index contributed by atoms with van der Waals surface area (Å²) in [6.07, 6.45) is 0. The molecule has 3 nitrogen and oxygen atoms in total. The summed E-state index contributed by atoms with van der Waals surface area (Å²) in [5.41, 5.74) is 0. The standard InChI is InChI=1S/C8H13IO3/c1-4-12-8(11)6(9)7(10)5(2)3/h5-6H,4H2,1-3H3. The Balaban J connectivity index is 4.10. The van der Waals surface area contributed by atoms with E-state index in [0.717, 1.165) is 0 Å². The maximum Gasteiger partial charge on any atom is 0.326 e. The summed E-state index contributed by atoms with van der Waals surface area (Å²) in [6.45, 7) is 5.59. The summed E-state index contributed by atoms with van der Waals surface area (Å²) >= 11 is 1.81. The van der Waals surface area contributed by atoms with Crippen LogP contribution in [0.3, 0.4) is 0 Å². The van der Waals surface area contributed by atoms with E-state index in [2.05, 4.69) is 0 Å². The van der Waals surface area contributed by atoms with Crippen molar-refractivity contribution in [3.05, 3.63) is 0 Å². The van der Waals surface area contributed by atoms with Crippen LogP contribution in [0.2, 0.25) is 0 Å². The quantitative estimate of drug-likeness (QED) is 0.341. The van der Waals surface area contributed by atoms with Crippen molar-refractivity contribution in [3.8, 4) is 0 Å². The minimum absolute atomic E-state index is 0.0750. The van der Waals surface area contributed by atoms with Gasteiger partial charge in [-0.15, -0.1) is 0 Å². The second-order valence-electron chi connectivity index (χ2n) is 2.67. The highest BCUT2D eigenvalue weighted by Crippen LogP contribution is 2.10. The number of esters is 1. The van der Waals surface area contributed by atoms with E-state index in [9.17, 15) is 9.59 Å². The topological polar surface area (TPSA) is 43.4 Å². The first-order chi connectivity index (χ1) is 5.50. The number of Topliss-reactive ketones (excluding diaryl/α,β-unsaturated/α-hetero) is 1. The van der Waals surface area contributed by atoms with Crippen LogP contribution >= 0.6 is 22.6 Å². The molecule has 0 aliphatic heterocycles. The Morgan fingerprint density at radius 2 is 1.92 bits per heavy atom. The van der Waals surface area contributed by atoms with Crippen LogP contribution in [0.4, 0.5) is 0 Å². The number of carbonyl (C=O) groups excluding carboxylic acids is 2. The van der Waals surface area contributed by atoms with Crippen molar-refractivity contribution in [1.82, 2.24) is 0 Å². The zero-order valence-electron chi connectivity index (χ0n) is 7.46. The molecule has 0 N–H and O–H groups in total. The molecule has 0 rings (SSSR count). The zero-order chi connectivity index (χ0) is 9.72. The fourth-order valence-corrected chi connectivity index (χ4v) is 1.52. The van der Waals surface area contributed by atoms with Crippen molar-refractivity contribution < 1.29 is 14.3 Å². The van der Waals surface area contributed by atoms with Crippen molar-refractivity contribution in [1.29, 1.82) is 0 Å². The Morgan fingerprint density at radius 1 is 1.42 bits per heavy atom. The van der Waals surface area contributed by atoms with Gasteiger partial charge in [-0.1, -0.05) is 36.4 Å². The highest BCUT2D eigenvalue weighted by Gasteiger charge is 2.26. The fourth-order valence-electron chi connectivity index (χ4n) is 0.624. The van der Waals surface area contributed by atoms with E-state index in [0.29, 0.717) is 6.61 Å². The maximum absolute atomic E-state index is 11.3. The van der Waals surface area contributed by atoms with Crippen LogP contribution in [0.1, 0.15) is 20.8 Å². The molecule has 4 heteroatoms. The monoisotopic (exact) mass is 284 g/mol. The van der Waals surface area contributed by atoms with Crippen LogP contribution in [0.15, 0.2) is 0 Å². The molecule has 0 saturated heterocycles. The number of carbonyl (C=O) groups is 2. The Labute approximate surface area is 86.0 Å². The van der Waals surface area contributed by atoms with E-state index >= 15 is 0 Å². The fraction of sp³-hybridized carbons (Fsp3) is 0.750. The lowest BCUT2D eigenvalue weighted by Crippen LogP contribution is -2.29. The first-order valence-electron chi connectivity index (χ1n) is 3.85. The number of ether oxygens (including phenoxy) is 1. The van der Waals surface area contributed by atoms with Gasteiger partial charge in [0.2, 0.25) is 0 Å². The molecule has 0 radical (unpaired) electrons. The van der Waals surface area contributed by atoms with E-state index < -0.39 is 9.89 Å². The summed E-state index contributed by atoms with van der Waals surface area (Å²) < 4.78 is 4.06. The van der Waals surface area contributed by atoms with Crippen LogP contribution in [0, 0.1) is 5.92 Å². The molecular formula is C8H13IO3. The molecule has 0 aromatic heterocycles. The second kappa shape index (κ2) is 5.50. The average Bonchev–Trinajstić information content (AvgIpc) is 2.02. The minimum atomic E-state index is -0.650. The van der Waals surface area contributed by atoms with Gasteiger partial charge in [0.15, 0.2) is 9.71 Å². The second-order valence-corrected chi connectivity index (χ2v) is 3.92. The van der Waals surface area contributed by atoms with Crippen LogP contribution in [-0.2, 0) is 14.3 Å². The van der Waals surface area contributed by atoms with Crippen molar-refractivity contribution in [2.75, 3.05) is 6.61 Å². The summed E-state index contributed by atoms with van der Waals surface area (Å²) in [5.74, 6) is -0.623. The summed E-state index contributed by atoms with van der Waals surface area (Å²) in [7, 11) is 0. The van der Waals surface area contributed by atoms with Gasteiger partial charge in [0.05, 0.1) is 6.61 Å². The van der Waals surface area contributed by atoms with Gasteiger partial charge >= 0.3 is 5.97 Å². The first-order valence-corrected chi connectivity index (χ1v) is 5.09. The van der Waals surface area contributed by atoms with Crippen LogP contribution in [0.25, 0.3) is 0 Å². The Kier molecular flexibility index (Phi) is 5.44. The van der Waals surface area contributed by atoms with Gasteiger partial charge in [0.1, 0.15) is 0 Å². The Hall–Kier alpha value is -0.130. The summed E-state index contributed by atoms with van der Waals surface area (Å²) in [4.78, 5) is 22.3. The van der Waals surface area contributed by atoms with Crippen LogP contribution in [0.5, 0.6) is 0 Å². The predicted molar refractivity (Wildman–Crippen MR) is 54.3 cm³/mol. The smallest absolute Gasteiger partial charge is 0.326 e. The molecule has 0 amide bonds. The van der Waals surface area contributed by atoms with Crippen molar-refractivity contribution in [3.63, 3.8) is 0 Å². The maximum atomic E-state index is 11.3.